The van der Waals surface area contributed by atoms with Crippen LogP contribution in [0.25, 0.3) is 43.4 Å². The fraction of sp³-hybridized carbons (Fsp3) is 0.0278. The van der Waals surface area contributed by atoms with Gasteiger partial charge in [-0.1, -0.05) is 127 Å². The van der Waals surface area contributed by atoms with Gasteiger partial charge < -0.3 is 0 Å². The Morgan fingerprint density at radius 3 is 0.946 bits per heavy atom. The van der Waals surface area contributed by atoms with Crippen LogP contribution in [0.3, 0.4) is 0 Å². The summed E-state index contributed by atoms with van der Waals surface area (Å²) in [6.07, 6.45) is 4.60. The first kappa shape index (κ1) is 22.7. The summed E-state index contributed by atoms with van der Waals surface area (Å²) >= 11 is 0. The first-order chi connectivity index (χ1) is 18.4. The molecule has 7 aromatic rings. The second kappa shape index (κ2) is 10.5. The normalized spacial score (nSPS) is 11.1. The molecule has 0 aliphatic heterocycles. The van der Waals surface area contributed by atoms with Crippen molar-refractivity contribution < 1.29 is 0 Å². The van der Waals surface area contributed by atoms with Gasteiger partial charge in [0.2, 0.25) is 0 Å². The van der Waals surface area contributed by atoms with Gasteiger partial charge in [0.25, 0.3) is 0 Å². The number of fused-ring (bicyclic) bond motifs is 9. The maximum absolute atomic E-state index is 3.78. The summed E-state index contributed by atoms with van der Waals surface area (Å²) in [6.45, 7) is 0. The number of rotatable bonds is 0. The molecule has 37 heavy (non-hydrogen) atoms. The smallest absolute Gasteiger partial charge is 0.0267 e. The van der Waals surface area contributed by atoms with Gasteiger partial charge in [0.15, 0.2) is 0 Å². The number of benzene rings is 6. The highest BCUT2D eigenvalue weighted by Gasteiger charge is 2.15. The Labute approximate surface area is 217 Å². The van der Waals surface area contributed by atoms with Crippen molar-refractivity contribution in [2.75, 3.05) is 0 Å². The molecule has 0 saturated heterocycles. The lowest BCUT2D eigenvalue weighted by Crippen LogP contribution is -1.81. The van der Waals surface area contributed by atoms with Crippen LogP contribution < -0.4 is 0 Å². The Balaban J connectivity index is 0.000000115. The summed E-state index contributed by atoms with van der Waals surface area (Å²) in [5.41, 5.74) is 5.75. The first-order valence-corrected chi connectivity index (χ1v) is 12.7. The zero-order chi connectivity index (χ0) is 24.9. The van der Waals surface area contributed by atoms with Crippen LogP contribution in [0.15, 0.2) is 152 Å². The number of nitrogens with zero attached hydrogens (tertiary/aromatic N) is 1. The maximum Gasteiger partial charge on any atom is 0.0267 e. The van der Waals surface area contributed by atoms with E-state index < -0.39 is 0 Å². The molecular weight excluding hydrogens is 446 g/mol. The zero-order valence-corrected chi connectivity index (χ0v) is 20.6. The molecule has 1 nitrogen and oxygen atoms in total. The van der Waals surface area contributed by atoms with E-state index in [-0.39, 0.29) is 0 Å². The maximum atomic E-state index is 3.78. The first-order valence-electron chi connectivity index (χ1n) is 12.7. The predicted octanol–water partition coefficient (Wildman–Crippen LogP) is 9.49. The second-order valence-corrected chi connectivity index (χ2v) is 9.15. The van der Waals surface area contributed by atoms with E-state index in [0.717, 1.165) is 6.42 Å². The van der Waals surface area contributed by atoms with E-state index in [9.17, 15) is 0 Å². The molecule has 1 aliphatic carbocycles. The summed E-state index contributed by atoms with van der Waals surface area (Å²) < 4.78 is 0. The molecule has 0 saturated carbocycles. The van der Waals surface area contributed by atoms with Crippen LogP contribution in [0.2, 0.25) is 0 Å². The third-order valence-corrected chi connectivity index (χ3v) is 6.92. The molecule has 0 N–H and O–H groups in total. The zero-order valence-electron chi connectivity index (χ0n) is 20.6. The summed E-state index contributed by atoms with van der Waals surface area (Å²) in [5, 5.41) is 8.04. The van der Waals surface area contributed by atoms with Crippen molar-refractivity contribution in [3.63, 3.8) is 0 Å². The predicted molar refractivity (Wildman–Crippen MR) is 158 cm³/mol. The van der Waals surface area contributed by atoms with Gasteiger partial charge in [-0.3, -0.25) is 4.98 Å². The van der Waals surface area contributed by atoms with E-state index in [2.05, 4.69) is 126 Å². The lowest BCUT2D eigenvalue weighted by molar-refractivity contribution is 1.26. The highest BCUT2D eigenvalue weighted by atomic mass is 14.6. The molecule has 176 valence electrons. The average Bonchev–Trinajstić information content (AvgIpc) is 3.38. The van der Waals surface area contributed by atoms with E-state index in [4.69, 9.17) is 0 Å². The lowest BCUT2D eigenvalue weighted by Gasteiger charge is -2.09. The molecule has 1 aromatic heterocycles. The van der Waals surface area contributed by atoms with Crippen molar-refractivity contribution in [2.45, 2.75) is 6.42 Å². The van der Waals surface area contributed by atoms with E-state index in [1.165, 1.54) is 54.6 Å². The summed E-state index contributed by atoms with van der Waals surface area (Å²) in [4.78, 5) is 3.78. The summed E-state index contributed by atoms with van der Waals surface area (Å²) in [5.74, 6) is 0. The van der Waals surface area contributed by atoms with Crippen LogP contribution in [0.4, 0.5) is 0 Å². The molecule has 1 heteroatoms. The van der Waals surface area contributed by atoms with Crippen LogP contribution in [0, 0.1) is 0 Å². The number of pyridine rings is 1. The Kier molecular flexibility index (Phi) is 6.43. The Bertz CT molecular complexity index is 1510. The summed E-state index contributed by atoms with van der Waals surface area (Å²) in [7, 11) is 0. The van der Waals surface area contributed by atoms with Gasteiger partial charge in [0, 0.05) is 12.4 Å². The van der Waals surface area contributed by atoms with E-state index in [0.29, 0.717) is 0 Å². The molecule has 0 unspecified atom stereocenters. The molecule has 0 amide bonds. The van der Waals surface area contributed by atoms with Gasteiger partial charge in [-0.05, 0) is 73.1 Å². The van der Waals surface area contributed by atoms with Gasteiger partial charge in [-0.25, -0.2) is 0 Å². The summed E-state index contributed by atoms with van der Waals surface area (Å²) in [6, 6.07) is 49.0. The van der Waals surface area contributed by atoms with Crippen LogP contribution in [-0.2, 0) is 6.42 Å². The largest absolute Gasteiger partial charge is 0.265 e. The fourth-order valence-corrected chi connectivity index (χ4v) is 5.25. The van der Waals surface area contributed by atoms with Crippen molar-refractivity contribution in [3.8, 4) is 11.1 Å². The third kappa shape index (κ3) is 4.60. The van der Waals surface area contributed by atoms with Crippen molar-refractivity contribution in [3.05, 3.63) is 163 Å². The van der Waals surface area contributed by atoms with E-state index >= 15 is 0 Å². The minimum absolute atomic E-state index is 1.10. The van der Waals surface area contributed by atoms with E-state index in [1.807, 2.05) is 18.2 Å². The Morgan fingerprint density at radius 2 is 0.649 bits per heavy atom. The monoisotopic (exact) mass is 473 g/mol. The molecular formula is C36H27N. The van der Waals surface area contributed by atoms with Crippen molar-refractivity contribution in [2.24, 2.45) is 0 Å². The Hall–Kier alpha value is -4.75. The Morgan fingerprint density at radius 1 is 0.324 bits per heavy atom. The highest BCUT2D eigenvalue weighted by Crippen LogP contribution is 2.36. The van der Waals surface area contributed by atoms with Gasteiger partial charge in [0.1, 0.15) is 0 Å². The van der Waals surface area contributed by atoms with Crippen molar-refractivity contribution in [1.29, 1.82) is 0 Å². The molecule has 0 atom stereocenters. The van der Waals surface area contributed by atoms with Gasteiger partial charge in [-0.15, -0.1) is 0 Å². The molecule has 0 radical (unpaired) electrons. The molecule has 6 aromatic carbocycles. The van der Waals surface area contributed by atoms with Crippen molar-refractivity contribution >= 4 is 32.3 Å². The standard InChI is InChI=1S/C18H12.C13H10.C5H5N/c1-2-8-14-13(7-1)15-9-3-4-11-17(15)18-12-6-5-10-16(14)18;1-3-7-12-10(5-1)9-11-6-2-4-8-13(11)12;1-2-4-6-5-3-1/h1-12H;1-8H,9H2;1-5H. The number of hydrogen-bond donors (Lipinski definition) is 0. The molecule has 1 heterocycles. The van der Waals surface area contributed by atoms with Crippen molar-refractivity contribution in [1.82, 2.24) is 4.98 Å². The quantitative estimate of drug-likeness (QED) is 0.200. The minimum atomic E-state index is 1.10. The molecule has 8 rings (SSSR count). The minimum Gasteiger partial charge on any atom is -0.265 e. The van der Waals surface area contributed by atoms with Gasteiger partial charge in [0.05, 0.1) is 0 Å². The van der Waals surface area contributed by atoms with E-state index in [1.54, 1.807) is 12.4 Å². The molecule has 1 aliphatic rings. The van der Waals surface area contributed by atoms with Crippen LogP contribution in [0.1, 0.15) is 11.1 Å². The van der Waals surface area contributed by atoms with Crippen LogP contribution in [-0.4, -0.2) is 4.98 Å². The fourth-order valence-electron chi connectivity index (χ4n) is 5.25. The molecule has 0 spiro atoms. The van der Waals surface area contributed by atoms with Gasteiger partial charge >= 0.3 is 0 Å². The third-order valence-electron chi connectivity index (χ3n) is 6.92. The van der Waals surface area contributed by atoms with Gasteiger partial charge in [-0.2, -0.15) is 0 Å². The molecule has 0 fully saturated rings. The lowest BCUT2D eigenvalue weighted by atomic mass is 9.95. The second-order valence-electron chi connectivity index (χ2n) is 9.15. The number of aromatic nitrogens is 1. The topological polar surface area (TPSA) is 12.9 Å². The highest BCUT2D eigenvalue weighted by molar-refractivity contribution is 6.25. The van der Waals surface area contributed by atoms with Crippen LogP contribution in [0.5, 0.6) is 0 Å². The van der Waals surface area contributed by atoms with Crippen LogP contribution >= 0.6 is 0 Å². The number of hydrogen-bond acceptors (Lipinski definition) is 1. The SMILES string of the molecule is c1ccc2c(c1)Cc1ccccc1-2.c1ccc2c(c1)c1ccccc1c1ccccc21.c1ccncc1. The average molecular weight is 474 g/mol. The molecule has 0 bridgehead atoms.